The zero-order valence-corrected chi connectivity index (χ0v) is 16.9. The number of nitrogens with zero attached hydrogens (tertiary/aromatic N) is 1. The highest BCUT2D eigenvalue weighted by Gasteiger charge is 2.30. The van der Waals surface area contributed by atoms with Gasteiger partial charge in [-0.2, -0.15) is 26.3 Å². The first-order valence-corrected chi connectivity index (χ1v) is 9.65. The third-order valence-electron chi connectivity index (χ3n) is 4.96. The topological polar surface area (TPSA) is 12.9 Å². The van der Waals surface area contributed by atoms with E-state index in [0.717, 1.165) is 16.7 Å². The average Bonchev–Trinajstić information content (AvgIpc) is 2.63. The van der Waals surface area contributed by atoms with E-state index in [2.05, 4.69) is 4.98 Å². The van der Waals surface area contributed by atoms with Gasteiger partial charge in [-0.15, -0.1) is 0 Å². The van der Waals surface area contributed by atoms with Crippen molar-refractivity contribution in [3.8, 4) is 11.3 Å². The average molecular weight is 443 g/mol. The number of rotatable bonds is 5. The van der Waals surface area contributed by atoms with Gasteiger partial charge >= 0.3 is 12.4 Å². The smallest absolute Gasteiger partial charge is 0.248 e. The number of aromatic nitrogens is 1. The SMILES string of the molecule is Cc1cc(C)cc(-c2ccc3c(CCC(F)(F)F)c(F)c(CCC(F)(F)F)cc3n2)c1. The molecule has 0 amide bonds. The maximum Gasteiger partial charge on any atom is 0.389 e. The molecule has 8 heteroatoms. The zero-order valence-electron chi connectivity index (χ0n) is 16.9. The van der Waals surface area contributed by atoms with Gasteiger partial charge in [-0.1, -0.05) is 23.3 Å². The fourth-order valence-electron chi connectivity index (χ4n) is 3.63. The van der Waals surface area contributed by atoms with Gasteiger partial charge in [0.1, 0.15) is 5.82 Å². The summed E-state index contributed by atoms with van der Waals surface area (Å²) in [4.78, 5) is 4.45. The van der Waals surface area contributed by atoms with Gasteiger partial charge in [0.2, 0.25) is 0 Å². The molecule has 2 aromatic carbocycles. The number of benzene rings is 2. The Labute approximate surface area is 174 Å². The predicted molar refractivity (Wildman–Crippen MR) is 105 cm³/mol. The van der Waals surface area contributed by atoms with Gasteiger partial charge in [-0.05, 0) is 62.1 Å². The largest absolute Gasteiger partial charge is 0.389 e. The number of hydrogen-bond donors (Lipinski definition) is 0. The van der Waals surface area contributed by atoms with E-state index in [1.54, 1.807) is 6.07 Å². The van der Waals surface area contributed by atoms with Gasteiger partial charge < -0.3 is 0 Å². The molecule has 3 aromatic rings. The van der Waals surface area contributed by atoms with E-state index in [-0.39, 0.29) is 22.0 Å². The van der Waals surface area contributed by atoms with Crippen LogP contribution < -0.4 is 0 Å². The first-order valence-electron chi connectivity index (χ1n) is 9.65. The molecule has 0 aliphatic heterocycles. The highest BCUT2D eigenvalue weighted by Crippen LogP contribution is 2.33. The molecule has 0 saturated heterocycles. The predicted octanol–water partition coefficient (Wildman–Crippen LogP) is 7.65. The number of fused-ring (bicyclic) bond motifs is 1. The number of alkyl halides is 6. The summed E-state index contributed by atoms with van der Waals surface area (Å²) in [7, 11) is 0. The molecule has 0 bridgehead atoms. The molecule has 1 heterocycles. The van der Waals surface area contributed by atoms with Crippen molar-refractivity contribution in [3.05, 3.63) is 64.5 Å². The molecule has 0 aliphatic rings. The summed E-state index contributed by atoms with van der Waals surface area (Å²) < 4.78 is 91.2. The van der Waals surface area contributed by atoms with Crippen molar-refractivity contribution in [1.29, 1.82) is 0 Å². The van der Waals surface area contributed by atoms with E-state index in [0.29, 0.717) is 5.69 Å². The zero-order chi connectivity index (χ0) is 23.0. The summed E-state index contributed by atoms with van der Waals surface area (Å²) in [6.45, 7) is 3.80. The van der Waals surface area contributed by atoms with E-state index >= 15 is 0 Å². The summed E-state index contributed by atoms with van der Waals surface area (Å²) >= 11 is 0. The van der Waals surface area contributed by atoms with Crippen LogP contribution in [0.4, 0.5) is 30.7 Å². The number of halogens is 7. The van der Waals surface area contributed by atoms with Crippen LogP contribution in [0.5, 0.6) is 0 Å². The molecule has 166 valence electrons. The Kier molecular flexibility index (Phi) is 6.30. The van der Waals surface area contributed by atoms with Gasteiger partial charge in [-0.3, -0.25) is 0 Å². The van der Waals surface area contributed by atoms with E-state index in [1.165, 1.54) is 12.1 Å². The highest BCUT2D eigenvalue weighted by atomic mass is 19.4. The third-order valence-corrected chi connectivity index (χ3v) is 4.96. The van der Waals surface area contributed by atoms with Crippen LogP contribution in [0.2, 0.25) is 0 Å². The van der Waals surface area contributed by atoms with Crippen molar-refractivity contribution in [1.82, 2.24) is 4.98 Å². The number of pyridine rings is 1. The van der Waals surface area contributed by atoms with Crippen molar-refractivity contribution in [2.75, 3.05) is 0 Å². The monoisotopic (exact) mass is 443 g/mol. The maximum atomic E-state index is 14.9. The van der Waals surface area contributed by atoms with Crippen LogP contribution in [0.1, 0.15) is 35.1 Å². The summed E-state index contributed by atoms with van der Waals surface area (Å²) in [5.41, 5.74) is 2.86. The van der Waals surface area contributed by atoms with Crippen LogP contribution >= 0.6 is 0 Å². The van der Waals surface area contributed by atoms with Crippen LogP contribution in [0, 0.1) is 19.7 Å². The van der Waals surface area contributed by atoms with E-state index < -0.39 is 43.9 Å². The molecule has 0 unspecified atom stereocenters. The Balaban J connectivity index is 2.13. The Morgan fingerprint density at radius 1 is 0.774 bits per heavy atom. The number of hydrogen-bond acceptors (Lipinski definition) is 1. The third kappa shape index (κ3) is 5.95. The summed E-state index contributed by atoms with van der Waals surface area (Å²) in [6.07, 6.45) is -12.9. The first kappa shape index (κ1) is 23.0. The van der Waals surface area contributed by atoms with E-state index in [1.807, 2.05) is 32.0 Å². The Hall–Kier alpha value is -2.64. The van der Waals surface area contributed by atoms with E-state index in [4.69, 9.17) is 0 Å². The quantitative estimate of drug-likeness (QED) is 0.369. The normalized spacial score (nSPS) is 12.5. The molecule has 0 aliphatic carbocycles. The Morgan fingerprint density at radius 3 is 1.94 bits per heavy atom. The maximum absolute atomic E-state index is 14.9. The van der Waals surface area contributed by atoms with Gasteiger partial charge in [0.25, 0.3) is 0 Å². The molecular weight excluding hydrogens is 423 g/mol. The van der Waals surface area contributed by atoms with Crippen LogP contribution in [0.25, 0.3) is 22.2 Å². The van der Waals surface area contributed by atoms with Gasteiger partial charge in [0.15, 0.2) is 0 Å². The Morgan fingerprint density at radius 2 is 1.35 bits per heavy atom. The van der Waals surface area contributed by atoms with Crippen molar-refractivity contribution in [2.24, 2.45) is 0 Å². The van der Waals surface area contributed by atoms with Gasteiger partial charge in [0.05, 0.1) is 11.2 Å². The molecule has 1 nitrogen and oxygen atoms in total. The Bertz CT molecular complexity index is 1080. The lowest BCUT2D eigenvalue weighted by Gasteiger charge is -2.15. The lowest BCUT2D eigenvalue weighted by Crippen LogP contribution is -2.12. The van der Waals surface area contributed by atoms with Crippen molar-refractivity contribution < 1.29 is 30.7 Å². The molecule has 0 fully saturated rings. The summed E-state index contributed by atoms with van der Waals surface area (Å²) in [6, 6.07) is 9.99. The van der Waals surface area contributed by atoms with Crippen LogP contribution in [-0.4, -0.2) is 17.3 Å². The summed E-state index contributed by atoms with van der Waals surface area (Å²) in [5.74, 6) is -1.03. The molecule has 3 rings (SSSR count). The molecule has 1 aromatic heterocycles. The number of aryl methyl sites for hydroxylation is 4. The minimum absolute atomic E-state index is 0.172. The lowest BCUT2D eigenvalue weighted by atomic mass is 9.96. The minimum atomic E-state index is -4.52. The molecule has 0 N–H and O–H groups in total. The van der Waals surface area contributed by atoms with Crippen molar-refractivity contribution in [2.45, 2.75) is 51.9 Å². The second kappa shape index (κ2) is 8.48. The fraction of sp³-hybridized carbons (Fsp3) is 0.348. The molecule has 0 radical (unpaired) electrons. The fourth-order valence-corrected chi connectivity index (χ4v) is 3.63. The lowest BCUT2D eigenvalue weighted by molar-refractivity contribution is -0.134. The van der Waals surface area contributed by atoms with Gasteiger partial charge in [-0.25, -0.2) is 9.37 Å². The molecular formula is C23H20F7N. The second-order valence-corrected chi connectivity index (χ2v) is 7.70. The van der Waals surface area contributed by atoms with Crippen LogP contribution in [0.15, 0.2) is 36.4 Å². The first-order chi connectivity index (χ1) is 14.3. The minimum Gasteiger partial charge on any atom is -0.248 e. The molecule has 0 spiro atoms. The van der Waals surface area contributed by atoms with Crippen molar-refractivity contribution >= 4 is 10.9 Å². The summed E-state index contributed by atoms with van der Waals surface area (Å²) in [5, 5.41) is 0.172. The standard InChI is InChI=1S/C23H20F7N/c1-13-9-14(2)11-16(10-13)19-4-3-17-18(6-8-23(28,29)30)21(24)15(12-20(17)31-19)5-7-22(25,26)27/h3-4,9-12H,5-8H2,1-2H3. The second-order valence-electron chi connectivity index (χ2n) is 7.70. The van der Waals surface area contributed by atoms with Gasteiger partial charge in [0, 0.05) is 23.8 Å². The van der Waals surface area contributed by atoms with Crippen LogP contribution in [0.3, 0.4) is 0 Å². The van der Waals surface area contributed by atoms with E-state index in [9.17, 15) is 30.7 Å². The van der Waals surface area contributed by atoms with Crippen molar-refractivity contribution in [3.63, 3.8) is 0 Å². The highest BCUT2D eigenvalue weighted by molar-refractivity contribution is 5.86. The molecule has 31 heavy (non-hydrogen) atoms. The molecule has 0 atom stereocenters. The molecule has 0 saturated carbocycles. The van der Waals surface area contributed by atoms with Crippen LogP contribution in [-0.2, 0) is 12.8 Å².